The average molecular weight is 397 g/mol. The molecule has 1 aromatic carbocycles. The van der Waals surface area contributed by atoms with Crippen molar-refractivity contribution in [3.05, 3.63) is 79.1 Å². The van der Waals surface area contributed by atoms with Crippen LogP contribution in [-0.4, -0.2) is 43.4 Å². The van der Waals surface area contributed by atoms with Gasteiger partial charge in [0.15, 0.2) is 0 Å². The molecule has 150 valence electrons. The number of benzene rings is 1. The van der Waals surface area contributed by atoms with Gasteiger partial charge in [-0.25, -0.2) is 4.98 Å². The van der Waals surface area contributed by atoms with Crippen molar-refractivity contribution >= 4 is 16.8 Å². The molecule has 0 spiro atoms. The summed E-state index contributed by atoms with van der Waals surface area (Å²) in [5.41, 5.74) is 3.51. The van der Waals surface area contributed by atoms with Crippen molar-refractivity contribution in [2.45, 2.75) is 19.4 Å². The van der Waals surface area contributed by atoms with Crippen molar-refractivity contribution < 1.29 is 4.79 Å². The molecule has 1 saturated heterocycles. The summed E-state index contributed by atoms with van der Waals surface area (Å²) < 4.78 is 2.10. The fourth-order valence-electron chi connectivity index (χ4n) is 4.28. The van der Waals surface area contributed by atoms with Crippen molar-refractivity contribution in [3.8, 4) is 11.3 Å². The van der Waals surface area contributed by atoms with Crippen LogP contribution in [0.4, 0.5) is 0 Å². The summed E-state index contributed by atoms with van der Waals surface area (Å²) in [6.07, 6.45) is 11.4. The Morgan fingerprint density at radius 3 is 2.77 bits per heavy atom. The molecule has 5 rings (SSSR count). The summed E-state index contributed by atoms with van der Waals surface area (Å²) in [5.74, 6) is 0.563. The number of aromatic nitrogens is 4. The van der Waals surface area contributed by atoms with Gasteiger partial charge in [-0.2, -0.15) is 0 Å². The van der Waals surface area contributed by atoms with E-state index in [9.17, 15) is 4.79 Å². The molecule has 30 heavy (non-hydrogen) atoms. The standard InChI is InChI=1S/C24H23N5O/c30-24(29-13-2-3-18(16-29)15-28-14-12-25-17-28)20-7-5-19(6-8-20)23-21-4-1-10-26-22(21)9-11-27-23/h1,4-12,14,17-18H,2-3,13,15-16H2. The van der Waals surface area contributed by atoms with Crippen LogP contribution in [-0.2, 0) is 6.54 Å². The van der Waals surface area contributed by atoms with Gasteiger partial charge in [-0.3, -0.25) is 14.8 Å². The highest BCUT2D eigenvalue weighted by Gasteiger charge is 2.24. The van der Waals surface area contributed by atoms with Crippen LogP contribution in [0.25, 0.3) is 22.2 Å². The molecule has 1 amide bonds. The molecule has 0 radical (unpaired) electrons. The minimum absolute atomic E-state index is 0.101. The van der Waals surface area contributed by atoms with Crippen LogP contribution < -0.4 is 0 Å². The van der Waals surface area contributed by atoms with E-state index in [4.69, 9.17) is 0 Å². The molecule has 0 bridgehead atoms. The van der Waals surface area contributed by atoms with Crippen LogP contribution >= 0.6 is 0 Å². The molecule has 6 nitrogen and oxygen atoms in total. The van der Waals surface area contributed by atoms with Crippen LogP contribution in [0, 0.1) is 5.92 Å². The van der Waals surface area contributed by atoms with Crippen LogP contribution in [0.5, 0.6) is 0 Å². The van der Waals surface area contributed by atoms with Crippen LogP contribution in [0.15, 0.2) is 73.6 Å². The number of carbonyl (C=O) groups excluding carboxylic acids is 1. The Hall–Kier alpha value is -3.54. The minimum Gasteiger partial charge on any atom is -0.338 e. The van der Waals surface area contributed by atoms with E-state index < -0.39 is 0 Å². The molecule has 1 atom stereocenters. The third-order valence-electron chi connectivity index (χ3n) is 5.77. The molecule has 0 N–H and O–H groups in total. The first-order valence-electron chi connectivity index (χ1n) is 10.3. The molecular weight excluding hydrogens is 374 g/mol. The smallest absolute Gasteiger partial charge is 0.253 e. The normalized spacial score (nSPS) is 16.7. The van der Waals surface area contributed by atoms with Crippen molar-refractivity contribution in [3.63, 3.8) is 0 Å². The summed E-state index contributed by atoms with van der Waals surface area (Å²) in [7, 11) is 0. The van der Waals surface area contributed by atoms with Crippen molar-refractivity contribution in [2.24, 2.45) is 5.92 Å². The summed E-state index contributed by atoms with van der Waals surface area (Å²) in [6, 6.07) is 13.6. The molecule has 0 saturated carbocycles. The molecule has 0 aliphatic carbocycles. The lowest BCUT2D eigenvalue weighted by molar-refractivity contribution is 0.0662. The lowest BCUT2D eigenvalue weighted by Crippen LogP contribution is -2.41. The fourth-order valence-corrected chi connectivity index (χ4v) is 4.28. The maximum atomic E-state index is 13.1. The Labute approximate surface area is 175 Å². The molecule has 1 aliphatic rings. The van der Waals surface area contributed by atoms with Gasteiger partial charge in [0.1, 0.15) is 0 Å². The molecule has 1 unspecified atom stereocenters. The number of imidazole rings is 1. The van der Waals surface area contributed by atoms with Crippen LogP contribution in [0.2, 0.25) is 0 Å². The van der Waals surface area contributed by atoms with Gasteiger partial charge >= 0.3 is 0 Å². The van der Waals surface area contributed by atoms with E-state index in [-0.39, 0.29) is 5.91 Å². The Bertz CT molecular complexity index is 1150. The van der Waals surface area contributed by atoms with Crippen molar-refractivity contribution in [1.82, 2.24) is 24.4 Å². The van der Waals surface area contributed by atoms with E-state index >= 15 is 0 Å². The van der Waals surface area contributed by atoms with Gasteiger partial charge in [0.2, 0.25) is 0 Å². The minimum atomic E-state index is 0.101. The summed E-state index contributed by atoms with van der Waals surface area (Å²) in [4.78, 5) is 28.1. The number of fused-ring (bicyclic) bond motifs is 1. The molecule has 6 heteroatoms. The van der Waals surface area contributed by atoms with E-state index in [0.717, 1.165) is 60.2 Å². The first kappa shape index (κ1) is 18.5. The third kappa shape index (κ3) is 3.68. The second-order valence-corrected chi connectivity index (χ2v) is 7.83. The number of rotatable bonds is 4. The maximum absolute atomic E-state index is 13.1. The lowest BCUT2D eigenvalue weighted by atomic mass is 9.97. The van der Waals surface area contributed by atoms with Crippen molar-refractivity contribution in [2.75, 3.05) is 13.1 Å². The van der Waals surface area contributed by atoms with Crippen LogP contribution in [0.1, 0.15) is 23.2 Å². The monoisotopic (exact) mass is 397 g/mol. The topological polar surface area (TPSA) is 63.9 Å². The number of likely N-dealkylation sites (tertiary alicyclic amines) is 1. The van der Waals surface area contributed by atoms with Gasteiger partial charge in [-0.05, 0) is 49.1 Å². The fraction of sp³-hybridized carbons (Fsp3) is 0.250. The van der Waals surface area contributed by atoms with E-state index in [1.807, 2.05) is 59.9 Å². The lowest BCUT2D eigenvalue weighted by Gasteiger charge is -2.33. The van der Waals surface area contributed by atoms with Gasteiger partial charge in [0, 0.05) is 60.9 Å². The molecular formula is C24H23N5O. The number of carbonyl (C=O) groups is 1. The van der Waals surface area contributed by atoms with Crippen molar-refractivity contribution in [1.29, 1.82) is 0 Å². The highest BCUT2D eigenvalue weighted by Crippen LogP contribution is 2.26. The predicted octanol–water partition coefficient (Wildman–Crippen LogP) is 4.05. The molecule has 1 aliphatic heterocycles. The molecule has 1 fully saturated rings. The Kier molecular flexibility index (Phi) is 4.97. The number of pyridine rings is 2. The zero-order chi connectivity index (χ0) is 20.3. The third-order valence-corrected chi connectivity index (χ3v) is 5.77. The SMILES string of the molecule is O=C(c1ccc(-c2nccc3ncccc23)cc1)N1CCCC(Cn2ccnc2)C1. The number of nitrogens with zero attached hydrogens (tertiary/aromatic N) is 5. The first-order valence-corrected chi connectivity index (χ1v) is 10.3. The quantitative estimate of drug-likeness (QED) is 0.521. The van der Waals surface area contributed by atoms with Gasteiger partial charge in [0.05, 0.1) is 17.5 Å². The highest BCUT2D eigenvalue weighted by molar-refractivity contribution is 5.96. The van der Waals surface area contributed by atoms with Gasteiger partial charge in [-0.1, -0.05) is 12.1 Å². The van der Waals surface area contributed by atoms with E-state index in [2.05, 4.69) is 19.5 Å². The summed E-state index contributed by atoms with van der Waals surface area (Å²) in [5, 5.41) is 1.01. The highest BCUT2D eigenvalue weighted by atomic mass is 16.2. The predicted molar refractivity (Wildman–Crippen MR) is 116 cm³/mol. The Balaban J connectivity index is 1.33. The molecule has 4 aromatic rings. The number of amides is 1. The van der Waals surface area contributed by atoms with Crippen LogP contribution in [0.3, 0.4) is 0 Å². The largest absolute Gasteiger partial charge is 0.338 e. The number of hydrogen-bond acceptors (Lipinski definition) is 4. The molecule has 4 heterocycles. The average Bonchev–Trinajstić information content (AvgIpc) is 3.31. The maximum Gasteiger partial charge on any atom is 0.253 e. The van der Waals surface area contributed by atoms with E-state index in [1.54, 1.807) is 18.6 Å². The zero-order valence-corrected chi connectivity index (χ0v) is 16.7. The van der Waals surface area contributed by atoms with Gasteiger partial charge in [0.25, 0.3) is 5.91 Å². The second-order valence-electron chi connectivity index (χ2n) is 7.83. The summed E-state index contributed by atoms with van der Waals surface area (Å²) in [6.45, 7) is 2.51. The second kappa shape index (κ2) is 8.06. The number of piperidine rings is 1. The zero-order valence-electron chi connectivity index (χ0n) is 16.7. The molecule has 3 aromatic heterocycles. The Morgan fingerprint density at radius 1 is 1.03 bits per heavy atom. The van der Waals surface area contributed by atoms with Gasteiger partial charge in [-0.15, -0.1) is 0 Å². The van der Waals surface area contributed by atoms with E-state index in [0.29, 0.717) is 5.92 Å². The van der Waals surface area contributed by atoms with E-state index in [1.165, 1.54) is 0 Å². The van der Waals surface area contributed by atoms with Gasteiger partial charge < -0.3 is 9.47 Å². The number of hydrogen-bond donors (Lipinski definition) is 0. The summed E-state index contributed by atoms with van der Waals surface area (Å²) >= 11 is 0. The Morgan fingerprint density at radius 2 is 1.93 bits per heavy atom. The first-order chi connectivity index (χ1) is 14.8.